The number of rotatable bonds is 9. The number of benzene rings is 2. The smallest absolute Gasteiger partial charge is 0.337 e. The van der Waals surface area contributed by atoms with Gasteiger partial charge in [-0.1, -0.05) is 35.5 Å². The number of thioether (sulfide) groups is 1. The number of aromatic nitrogens is 3. The van der Waals surface area contributed by atoms with Crippen molar-refractivity contribution < 1.29 is 19.1 Å². The first-order valence-corrected chi connectivity index (χ1v) is 11.2. The van der Waals surface area contributed by atoms with Crippen LogP contribution in [0.15, 0.2) is 53.7 Å². The number of nitrogens with zero attached hydrogens (tertiary/aromatic N) is 3. The maximum atomic E-state index is 12.4. The molecule has 0 saturated heterocycles. The van der Waals surface area contributed by atoms with Crippen LogP contribution in [0.2, 0.25) is 5.02 Å². The number of amides is 1. The molecule has 1 atom stereocenters. The minimum atomic E-state index is -0.430. The van der Waals surface area contributed by atoms with Gasteiger partial charge in [-0.25, -0.2) is 4.79 Å². The van der Waals surface area contributed by atoms with Gasteiger partial charge in [-0.15, -0.1) is 10.2 Å². The van der Waals surface area contributed by atoms with Crippen LogP contribution in [0.3, 0.4) is 0 Å². The van der Waals surface area contributed by atoms with Gasteiger partial charge in [-0.05, 0) is 50.2 Å². The monoisotopic (exact) mass is 474 g/mol. The second kappa shape index (κ2) is 11.0. The summed E-state index contributed by atoms with van der Waals surface area (Å²) in [6.07, 6.45) is -0.376. The summed E-state index contributed by atoms with van der Waals surface area (Å²) in [4.78, 5) is 23.9. The van der Waals surface area contributed by atoms with Gasteiger partial charge in [0.15, 0.2) is 17.1 Å². The molecule has 1 heterocycles. The fourth-order valence-corrected chi connectivity index (χ4v) is 3.91. The first-order valence-electron chi connectivity index (χ1n) is 9.88. The number of esters is 1. The second-order valence-corrected chi connectivity index (χ2v) is 8.03. The summed E-state index contributed by atoms with van der Waals surface area (Å²) in [6, 6.07) is 13.7. The number of nitrogens with one attached hydrogen (secondary N) is 1. The fraction of sp³-hybridized carbons (Fsp3) is 0.273. The van der Waals surface area contributed by atoms with Crippen molar-refractivity contribution in [2.45, 2.75) is 31.7 Å². The van der Waals surface area contributed by atoms with Crippen LogP contribution in [0.25, 0.3) is 0 Å². The summed E-state index contributed by atoms with van der Waals surface area (Å²) < 4.78 is 12.5. The molecule has 0 bridgehead atoms. The lowest BCUT2D eigenvalue weighted by Crippen LogP contribution is -2.15. The molecule has 0 aliphatic heterocycles. The third-order valence-electron chi connectivity index (χ3n) is 4.49. The number of methoxy groups -OCH3 is 1. The molecule has 1 aromatic heterocycles. The number of ether oxygens (including phenoxy) is 2. The van der Waals surface area contributed by atoms with Crippen molar-refractivity contribution in [2.75, 3.05) is 18.2 Å². The molecule has 0 radical (unpaired) electrons. The minimum absolute atomic E-state index is 0.149. The maximum absolute atomic E-state index is 12.4. The third kappa shape index (κ3) is 5.80. The van der Waals surface area contributed by atoms with Crippen LogP contribution in [-0.2, 0) is 16.1 Å². The molecule has 0 unspecified atom stereocenters. The summed E-state index contributed by atoms with van der Waals surface area (Å²) in [7, 11) is 1.32. The van der Waals surface area contributed by atoms with Gasteiger partial charge >= 0.3 is 5.97 Å². The Morgan fingerprint density at radius 3 is 2.53 bits per heavy atom. The lowest BCUT2D eigenvalue weighted by Gasteiger charge is -2.16. The highest BCUT2D eigenvalue weighted by Gasteiger charge is 2.20. The fourth-order valence-electron chi connectivity index (χ4n) is 2.92. The number of anilines is 1. The molecule has 0 aliphatic carbocycles. The molecule has 168 valence electrons. The van der Waals surface area contributed by atoms with Gasteiger partial charge in [-0.2, -0.15) is 0 Å². The zero-order valence-electron chi connectivity index (χ0n) is 17.9. The molecular formula is C22H23ClN4O4S. The zero-order chi connectivity index (χ0) is 23.1. The van der Waals surface area contributed by atoms with Crippen LogP contribution in [0.1, 0.15) is 36.1 Å². The normalized spacial score (nSPS) is 11.6. The summed E-state index contributed by atoms with van der Waals surface area (Å²) in [5.41, 5.74) is 0.999. The van der Waals surface area contributed by atoms with E-state index in [4.69, 9.17) is 16.3 Å². The second-order valence-electron chi connectivity index (χ2n) is 6.68. The van der Waals surface area contributed by atoms with Crippen molar-refractivity contribution in [2.24, 2.45) is 0 Å². The van der Waals surface area contributed by atoms with E-state index in [1.807, 2.05) is 30.5 Å². The first-order chi connectivity index (χ1) is 15.4. The van der Waals surface area contributed by atoms with Crippen molar-refractivity contribution in [1.29, 1.82) is 0 Å². The molecule has 3 rings (SSSR count). The SMILES string of the molecule is CCn1c(SCC(=O)Nc2ccc(C(=O)OC)cc2)nnc1[C@@H](C)Oc1ccccc1Cl. The lowest BCUT2D eigenvalue weighted by molar-refractivity contribution is -0.113. The number of carbonyl (C=O) groups excluding carboxylic acids is 2. The molecule has 10 heteroatoms. The Labute approximate surface area is 195 Å². The standard InChI is InChI=1S/C22H23ClN4O4S/c1-4-27-20(14(2)31-18-8-6-5-7-17(18)23)25-26-22(27)32-13-19(28)24-16-11-9-15(10-12-16)21(29)30-3/h5-12,14H,4,13H2,1-3H3,(H,24,28)/t14-/m1/s1. The van der Waals surface area contributed by atoms with Crippen molar-refractivity contribution in [3.8, 4) is 5.75 Å². The van der Waals surface area contributed by atoms with E-state index in [9.17, 15) is 9.59 Å². The van der Waals surface area contributed by atoms with Gasteiger partial charge in [0.1, 0.15) is 5.75 Å². The molecule has 0 spiro atoms. The first kappa shape index (κ1) is 23.6. The Bertz CT molecular complexity index is 1090. The summed E-state index contributed by atoms with van der Waals surface area (Å²) in [5, 5.41) is 12.4. The topological polar surface area (TPSA) is 95.3 Å². The molecule has 8 nitrogen and oxygen atoms in total. The van der Waals surface area contributed by atoms with Gasteiger partial charge in [0.05, 0.1) is 23.4 Å². The van der Waals surface area contributed by atoms with E-state index >= 15 is 0 Å². The van der Waals surface area contributed by atoms with Gasteiger partial charge < -0.3 is 19.4 Å². The summed E-state index contributed by atoms with van der Waals surface area (Å²) >= 11 is 7.46. The van der Waals surface area contributed by atoms with E-state index in [1.54, 1.807) is 36.4 Å². The number of para-hydroxylation sites is 1. The van der Waals surface area contributed by atoms with Crippen LogP contribution in [-0.4, -0.2) is 39.5 Å². The van der Waals surface area contributed by atoms with Crippen LogP contribution >= 0.6 is 23.4 Å². The third-order valence-corrected chi connectivity index (χ3v) is 5.77. The maximum Gasteiger partial charge on any atom is 0.337 e. The number of carbonyl (C=O) groups is 2. The summed E-state index contributed by atoms with van der Waals surface area (Å²) in [5.74, 6) is 0.735. The number of hydrogen-bond acceptors (Lipinski definition) is 7. The Balaban J connectivity index is 1.60. The average molecular weight is 475 g/mol. The number of halogens is 1. The van der Waals surface area contributed by atoms with E-state index in [-0.39, 0.29) is 17.8 Å². The van der Waals surface area contributed by atoms with Gasteiger partial charge in [0.2, 0.25) is 5.91 Å². The molecule has 2 aromatic carbocycles. The minimum Gasteiger partial charge on any atom is -0.481 e. The van der Waals surface area contributed by atoms with Crippen molar-refractivity contribution >= 4 is 40.9 Å². The molecular weight excluding hydrogens is 452 g/mol. The van der Waals surface area contributed by atoms with Crippen molar-refractivity contribution in [1.82, 2.24) is 14.8 Å². The lowest BCUT2D eigenvalue weighted by atomic mass is 10.2. The Morgan fingerprint density at radius 1 is 1.16 bits per heavy atom. The van der Waals surface area contributed by atoms with E-state index < -0.39 is 5.97 Å². The van der Waals surface area contributed by atoms with E-state index in [1.165, 1.54) is 18.9 Å². The molecule has 0 saturated carbocycles. The predicted octanol–water partition coefficient (Wildman–Crippen LogP) is 4.61. The number of hydrogen-bond donors (Lipinski definition) is 1. The van der Waals surface area contributed by atoms with E-state index in [0.717, 1.165) is 0 Å². The highest BCUT2D eigenvalue weighted by Crippen LogP contribution is 2.29. The average Bonchev–Trinajstić information content (AvgIpc) is 3.22. The summed E-state index contributed by atoms with van der Waals surface area (Å²) in [6.45, 7) is 4.47. The highest BCUT2D eigenvalue weighted by atomic mass is 35.5. The molecule has 0 fully saturated rings. The molecule has 1 amide bonds. The van der Waals surface area contributed by atoms with E-state index in [0.29, 0.717) is 39.5 Å². The van der Waals surface area contributed by atoms with Gasteiger partial charge in [-0.3, -0.25) is 4.79 Å². The molecule has 3 aromatic rings. The Kier molecular flexibility index (Phi) is 8.13. The Hall–Kier alpha value is -3.04. The molecule has 0 aliphatic rings. The molecule has 1 N–H and O–H groups in total. The van der Waals surface area contributed by atoms with Crippen LogP contribution in [0.5, 0.6) is 5.75 Å². The van der Waals surface area contributed by atoms with E-state index in [2.05, 4.69) is 20.3 Å². The largest absolute Gasteiger partial charge is 0.481 e. The highest BCUT2D eigenvalue weighted by molar-refractivity contribution is 7.99. The van der Waals surface area contributed by atoms with Crippen LogP contribution in [0, 0.1) is 0 Å². The zero-order valence-corrected chi connectivity index (χ0v) is 19.4. The molecule has 32 heavy (non-hydrogen) atoms. The predicted molar refractivity (Wildman–Crippen MR) is 123 cm³/mol. The van der Waals surface area contributed by atoms with Crippen molar-refractivity contribution in [3.05, 3.63) is 64.9 Å². The quantitative estimate of drug-likeness (QED) is 0.357. The van der Waals surface area contributed by atoms with Gasteiger partial charge in [0, 0.05) is 12.2 Å². The van der Waals surface area contributed by atoms with Crippen molar-refractivity contribution in [3.63, 3.8) is 0 Å². The van der Waals surface area contributed by atoms with Crippen LogP contribution in [0.4, 0.5) is 5.69 Å². The van der Waals surface area contributed by atoms with Crippen LogP contribution < -0.4 is 10.1 Å². The van der Waals surface area contributed by atoms with Gasteiger partial charge in [0.25, 0.3) is 0 Å². The Morgan fingerprint density at radius 2 is 1.88 bits per heavy atom.